The predicted octanol–water partition coefficient (Wildman–Crippen LogP) is 4.08. The molecule has 1 unspecified atom stereocenters. The van der Waals surface area contributed by atoms with Gasteiger partial charge in [0.2, 0.25) is 0 Å². The van der Waals surface area contributed by atoms with E-state index in [0.717, 1.165) is 12.0 Å². The van der Waals surface area contributed by atoms with Crippen molar-refractivity contribution < 1.29 is 13.2 Å². The Morgan fingerprint density at radius 3 is 2.63 bits per heavy atom. The first-order chi connectivity index (χ1) is 8.90. The Labute approximate surface area is 119 Å². The summed E-state index contributed by atoms with van der Waals surface area (Å²) in [5.74, 6) is 0.912. The minimum absolute atomic E-state index is 0.114. The average molecular weight is 303 g/mol. The lowest BCUT2D eigenvalue weighted by atomic mass is 9.98. The number of ether oxygens (including phenoxy) is 1. The third-order valence-corrected chi connectivity index (χ3v) is 4.33. The summed E-state index contributed by atoms with van der Waals surface area (Å²) in [4.78, 5) is 0.114. The number of allylic oxidation sites excluding steroid dienone is 1. The van der Waals surface area contributed by atoms with Gasteiger partial charge < -0.3 is 4.74 Å². The van der Waals surface area contributed by atoms with Crippen molar-refractivity contribution >= 4 is 19.7 Å². The van der Waals surface area contributed by atoms with Gasteiger partial charge in [-0.25, -0.2) is 8.42 Å². The summed E-state index contributed by atoms with van der Waals surface area (Å²) >= 11 is 0. The van der Waals surface area contributed by atoms with Crippen molar-refractivity contribution in [3.63, 3.8) is 0 Å². The number of rotatable bonds is 6. The Bertz CT molecular complexity index is 550. The van der Waals surface area contributed by atoms with Crippen molar-refractivity contribution in [2.24, 2.45) is 0 Å². The lowest BCUT2D eigenvalue weighted by Crippen LogP contribution is -2.02. The van der Waals surface area contributed by atoms with Crippen molar-refractivity contribution in [3.05, 3.63) is 35.9 Å². The standard InChI is InChI=1S/C14H19ClO3S/c1-4-6-9-18-14-8-7-12(19(15,16)17)10-13(14)11(3)5-2/h4,6-8,10-11H,5,9H2,1-3H3/b6-4+. The van der Waals surface area contributed by atoms with Crippen LogP contribution in [0, 0.1) is 0 Å². The van der Waals surface area contributed by atoms with E-state index < -0.39 is 9.05 Å². The molecule has 0 amide bonds. The first-order valence-corrected chi connectivity index (χ1v) is 8.53. The van der Waals surface area contributed by atoms with Crippen LogP contribution in [-0.2, 0) is 9.05 Å². The highest BCUT2D eigenvalue weighted by Gasteiger charge is 2.16. The van der Waals surface area contributed by atoms with Gasteiger partial charge in [0, 0.05) is 10.7 Å². The highest BCUT2D eigenvalue weighted by molar-refractivity contribution is 8.13. The highest BCUT2D eigenvalue weighted by Crippen LogP contribution is 2.32. The summed E-state index contributed by atoms with van der Waals surface area (Å²) < 4.78 is 28.4. The molecule has 1 aromatic rings. The van der Waals surface area contributed by atoms with Gasteiger partial charge >= 0.3 is 0 Å². The van der Waals surface area contributed by atoms with Gasteiger partial charge in [-0.1, -0.05) is 26.0 Å². The zero-order chi connectivity index (χ0) is 14.5. The summed E-state index contributed by atoms with van der Waals surface area (Å²) in [5.41, 5.74) is 0.869. The second-order valence-electron chi connectivity index (χ2n) is 4.33. The van der Waals surface area contributed by atoms with Gasteiger partial charge in [-0.3, -0.25) is 0 Å². The van der Waals surface area contributed by atoms with Crippen LogP contribution in [0.15, 0.2) is 35.2 Å². The Morgan fingerprint density at radius 2 is 2.11 bits per heavy atom. The lowest BCUT2D eigenvalue weighted by molar-refractivity contribution is 0.355. The molecule has 0 aliphatic rings. The molecule has 0 heterocycles. The van der Waals surface area contributed by atoms with Crippen LogP contribution in [0.3, 0.4) is 0 Å². The van der Waals surface area contributed by atoms with Gasteiger partial charge in [0.1, 0.15) is 12.4 Å². The van der Waals surface area contributed by atoms with Gasteiger partial charge in [0.25, 0.3) is 9.05 Å². The van der Waals surface area contributed by atoms with E-state index in [-0.39, 0.29) is 10.8 Å². The minimum atomic E-state index is -3.71. The van der Waals surface area contributed by atoms with Crippen molar-refractivity contribution in [1.82, 2.24) is 0 Å². The van der Waals surface area contributed by atoms with E-state index in [2.05, 4.69) is 0 Å². The summed E-state index contributed by atoms with van der Waals surface area (Å²) in [5, 5.41) is 0. The predicted molar refractivity (Wildman–Crippen MR) is 78.5 cm³/mol. The molecule has 19 heavy (non-hydrogen) atoms. The fraction of sp³-hybridized carbons (Fsp3) is 0.429. The van der Waals surface area contributed by atoms with Crippen molar-refractivity contribution in [2.75, 3.05) is 6.61 Å². The minimum Gasteiger partial charge on any atom is -0.489 e. The average Bonchev–Trinajstić information content (AvgIpc) is 2.37. The highest BCUT2D eigenvalue weighted by atomic mass is 35.7. The Kier molecular flexibility index (Phi) is 5.88. The lowest BCUT2D eigenvalue weighted by Gasteiger charge is -2.16. The van der Waals surface area contributed by atoms with Crippen LogP contribution in [0.2, 0.25) is 0 Å². The molecule has 0 radical (unpaired) electrons. The zero-order valence-electron chi connectivity index (χ0n) is 11.4. The van der Waals surface area contributed by atoms with Gasteiger partial charge in [-0.2, -0.15) is 0 Å². The van der Waals surface area contributed by atoms with Gasteiger partial charge in [-0.15, -0.1) is 0 Å². The van der Waals surface area contributed by atoms with E-state index in [1.807, 2.05) is 32.9 Å². The van der Waals surface area contributed by atoms with E-state index in [9.17, 15) is 8.42 Å². The van der Waals surface area contributed by atoms with Crippen LogP contribution in [0.25, 0.3) is 0 Å². The molecule has 0 bridgehead atoms. The van der Waals surface area contributed by atoms with Crippen LogP contribution in [-0.4, -0.2) is 15.0 Å². The van der Waals surface area contributed by atoms with Gasteiger partial charge in [0.05, 0.1) is 4.90 Å². The largest absolute Gasteiger partial charge is 0.489 e. The molecule has 0 saturated carbocycles. The van der Waals surface area contributed by atoms with E-state index >= 15 is 0 Å². The van der Waals surface area contributed by atoms with Crippen molar-refractivity contribution in [1.29, 1.82) is 0 Å². The SMILES string of the molecule is C/C=C/COc1ccc(S(=O)(=O)Cl)cc1C(C)CC. The number of hydrogen-bond donors (Lipinski definition) is 0. The van der Waals surface area contributed by atoms with Crippen molar-refractivity contribution in [2.45, 2.75) is 38.0 Å². The maximum absolute atomic E-state index is 11.4. The smallest absolute Gasteiger partial charge is 0.261 e. The molecule has 0 saturated heterocycles. The molecule has 0 aliphatic heterocycles. The maximum atomic E-state index is 11.4. The summed E-state index contributed by atoms with van der Waals surface area (Å²) in [6, 6.07) is 4.74. The van der Waals surface area contributed by atoms with E-state index in [4.69, 9.17) is 15.4 Å². The molecule has 3 nitrogen and oxygen atoms in total. The maximum Gasteiger partial charge on any atom is 0.261 e. The monoisotopic (exact) mass is 302 g/mol. The number of halogens is 1. The van der Waals surface area contributed by atoms with Crippen LogP contribution in [0.4, 0.5) is 0 Å². The second kappa shape index (κ2) is 6.96. The molecule has 1 atom stereocenters. The molecule has 1 aromatic carbocycles. The fourth-order valence-electron chi connectivity index (χ4n) is 1.65. The van der Waals surface area contributed by atoms with E-state index in [1.54, 1.807) is 12.1 Å². The van der Waals surface area contributed by atoms with Crippen LogP contribution in [0.1, 0.15) is 38.7 Å². The first-order valence-electron chi connectivity index (χ1n) is 6.22. The molecule has 0 fully saturated rings. The van der Waals surface area contributed by atoms with Crippen LogP contribution < -0.4 is 4.74 Å². The van der Waals surface area contributed by atoms with Crippen molar-refractivity contribution in [3.8, 4) is 5.75 Å². The second-order valence-corrected chi connectivity index (χ2v) is 6.89. The molecule has 0 N–H and O–H groups in total. The third kappa shape index (κ3) is 4.55. The molecule has 0 aromatic heterocycles. The van der Waals surface area contributed by atoms with Gasteiger partial charge in [-0.05, 0) is 43.0 Å². The molecule has 1 rings (SSSR count). The van der Waals surface area contributed by atoms with E-state index in [1.165, 1.54) is 6.07 Å². The normalized spacial score (nSPS) is 13.7. The van der Waals surface area contributed by atoms with Gasteiger partial charge in [0.15, 0.2) is 0 Å². The molecule has 5 heteroatoms. The zero-order valence-corrected chi connectivity index (χ0v) is 13.0. The fourth-order valence-corrected chi connectivity index (χ4v) is 2.44. The Hall–Kier alpha value is -1.00. The summed E-state index contributed by atoms with van der Waals surface area (Å²) in [7, 11) is 1.67. The third-order valence-electron chi connectivity index (χ3n) is 2.98. The molecule has 0 spiro atoms. The number of benzene rings is 1. The van der Waals surface area contributed by atoms with Crippen LogP contribution in [0.5, 0.6) is 5.75 Å². The summed E-state index contributed by atoms with van der Waals surface area (Å²) in [6.45, 7) is 6.46. The summed E-state index contributed by atoms with van der Waals surface area (Å²) in [6.07, 6.45) is 4.69. The Balaban J connectivity index is 3.17. The number of hydrogen-bond acceptors (Lipinski definition) is 3. The van der Waals surface area contributed by atoms with E-state index in [0.29, 0.717) is 12.4 Å². The Morgan fingerprint density at radius 1 is 1.42 bits per heavy atom. The quantitative estimate of drug-likeness (QED) is 0.587. The molecular formula is C14H19ClO3S. The first kappa shape index (κ1) is 16.1. The molecule has 0 aliphatic carbocycles. The van der Waals surface area contributed by atoms with Crippen LogP contribution >= 0.6 is 10.7 Å². The molecular weight excluding hydrogens is 284 g/mol. The molecule has 106 valence electrons. The topological polar surface area (TPSA) is 43.4 Å².